The average Bonchev–Trinajstić information content (AvgIpc) is 2.89. The molecule has 94 valence electrons. The fourth-order valence-electron chi connectivity index (χ4n) is 2.51. The standard InChI is InChI=1S/C13H20N2OS/c1-3-14-13(16)8-15-7-12(6-10(15)2)11-4-5-17-9-11/h4-5,9-10,12H,3,6-8H2,1-2H3,(H,14,16)/t10-,12-/m1/s1. The second-order valence-corrected chi connectivity index (χ2v) is 5.50. The number of rotatable bonds is 4. The molecule has 0 radical (unpaired) electrons. The minimum atomic E-state index is 0.144. The van der Waals surface area contributed by atoms with E-state index in [1.165, 1.54) is 5.56 Å². The highest BCUT2D eigenvalue weighted by Gasteiger charge is 2.31. The van der Waals surface area contributed by atoms with Gasteiger partial charge in [-0.2, -0.15) is 11.3 Å². The Bertz CT molecular complexity index is 364. The number of nitrogens with one attached hydrogen (secondary N) is 1. The first kappa shape index (κ1) is 12.6. The van der Waals surface area contributed by atoms with E-state index in [9.17, 15) is 4.79 Å². The minimum absolute atomic E-state index is 0.144. The molecule has 1 aliphatic heterocycles. The van der Waals surface area contributed by atoms with Crippen molar-refractivity contribution in [2.75, 3.05) is 19.6 Å². The van der Waals surface area contributed by atoms with Gasteiger partial charge in [0, 0.05) is 19.1 Å². The smallest absolute Gasteiger partial charge is 0.234 e. The van der Waals surface area contributed by atoms with E-state index in [1.54, 1.807) is 11.3 Å². The average molecular weight is 252 g/mol. The van der Waals surface area contributed by atoms with Crippen molar-refractivity contribution >= 4 is 17.2 Å². The Labute approximate surface area is 107 Å². The van der Waals surface area contributed by atoms with Crippen LogP contribution in [-0.2, 0) is 4.79 Å². The topological polar surface area (TPSA) is 32.3 Å². The Morgan fingerprint density at radius 2 is 2.47 bits per heavy atom. The summed E-state index contributed by atoms with van der Waals surface area (Å²) in [5.41, 5.74) is 1.43. The Morgan fingerprint density at radius 1 is 1.65 bits per heavy atom. The zero-order chi connectivity index (χ0) is 12.3. The van der Waals surface area contributed by atoms with Gasteiger partial charge >= 0.3 is 0 Å². The Balaban J connectivity index is 1.91. The number of likely N-dealkylation sites (tertiary alicyclic amines) is 1. The SMILES string of the molecule is CCNC(=O)CN1C[C@H](c2ccsc2)C[C@H]1C. The Kier molecular flexibility index (Phi) is 4.18. The zero-order valence-corrected chi connectivity index (χ0v) is 11.3. The normalized spacial score (nSPS) is 25.1. The van der Waals surface area contributed by atoms with Gasteiger partial charge in [0.05, 0.1) is 6.54 Å². The van der Waals surface area contributed by atoms with E-state index in [-0.39, 0.29) is 5.91 Å². The third kappa shape index (κ3) is 3.07. The minimum Gasteiger partial charge on any atom is -0.355 e. The molecule has 1 aromatic heterocycles. The molecule has 1 saturated heterocycles. The molecule has 4 heteroatoms. The van der Waals surface area contributed by atoms with Crippen molar-refractivity contribution in [2.45, 2.75) is 32.2 Å². The Hall–Kier alpha value is -0.870. The van der Waals surface area contributed by atoms with Crippen LogP contribution in [-0.4, -0.2) is 36.5 Å². The van der Waals surface area contributed by atoms with Crippen LogP contribution in [0.25, 0.3) is 0 Å². The van der Waals surface area contributed by atoms with Crippen LogP contribution in [0, 0.1) is 0 Å². The summed E-state index contributed by atoms with van der Waals surface area (Å²) in [6, 6.07) is 2.71. The molecular formula is C13H20N2OS. The van der Waals surface area contributed by atoms with Crippen LogP contribution in [0.15, 0.2) is 16.8 Å². The summed E-state index contributed by atoms with van der Waals surface area (Å²) in [6.45, 7) is 6.44. The number of hydrogen-bond acceptors (Lipinski definition) is 3. The monoisotopic (exact) mass is 252 g/mol. The predicted molar refractivity (Wildman–Crippen MR) is 71.4 cm³/mol. The summed E-state index contributed by atoms with van der Waals surface area (Å²) in [5.74, 6) is 0.746. The second kappa shape index (κ2) is 5.65. The molecule has 2 rings (SSSR count). The van der Waals surface area contributed by atoms with Gasteiger partial charge in [-0.15, -0.1) is 0 Å². The molecular weight excluding hydrogens is 232 g/mol. The van der Waals surface area contributed by atoms with Crippen LogP contribution in [0.4, 0.5) is 0 Å². The summed E-state index contributed by atoms with van der Waals surface area (Å²) < 4.78 is 0. The third-order valence-electron chi connectivity index (χ3n) is 3.44. The van der Waals surface area contributed by atoms with E-state index in [0.717, 1.165) is 19.5 Å². The van der Waals surface area contributed by atoms with E-state index in [0.29, 0.717) is 18.5 Å². The summed E-state index contributed by atoms with van der Waals surface area (Å²) in [4.78, 5) is 13.9. The van der Waals surface area contributed by atoms with Gasteiger partial charge in [-0.05, 0) is 48.6 Å². The first-order valence-electron chi connectivity index (χ1n) is 6.23. The van der Waals surface area contributed by atoms with Gasteiger partial charge in [0.2, 0.25) is 5.91 Å². The van der Waals surface area contributed by atoms with E-state index < -0.39 is 0 Å². The molecule has 2 atom stereocenters. The molecule has 0 saturated carbocycles. The van der Waals surface area contributed by atoms with Gasteiger partial charge in [-0.1, -0.05) is 0 Å². The third-order valence-corrected chi connectivity index (χ3v) is 4.14. The van der Waals surface area contributed by atoms with Crippen LogP contribution in [0.3, 0.4) is 0 Å². The maximum absolute atomic E-state index is 11.6. The molecule has 0 spiro atoms. The van der Waals surface area contributed by atoms with Crippen molar-refractivity contribution in [3.05, 3.63) is 22.4 Å². The molecule has 0 aliphatic carbocycles. The first-order chi connectivity index (χ1) is 8.20. The molecule has 1 fully saturated rings. The van der Waals surface area contributed by atoms with Crippen molar-refractivity contribution < 1.29 is 4.79 Å². The molecule has 0 unspecified atom stereocenters. The zero-order valence-electron chi connectivity index (χ0n) is 10.5. The van der Waals surface area contributed by atoms with E-state index in [2.05, 4.69) is 34.0 Å². The summed E-state index contributed by atoms with van der Waals surface area (Å²) in [7, 11) is 0. The largest absolute Gasteiger partial charge is 0.355 e. The fraction of sp³-hybridized carbons (Fsp3) is 0.615. The molecule has 0 aromatic carbocycles. The highest BCUT2D eigenvalue weighted by atomic mass is 32.1. The maximum atomic E-state index is 11.6. The predicted octanol–water partition coefficient (Wildman–Crippen LogP) is 2.06. The lowest BCUT2D eigenvalue weighted by molar-refractivity contribution is -0.122. The van der Waals surface area contributed by atoms with E-state index >= 15 is 0 Å². The number of likely N-dealkylation sites (N-methyl/N-ethyl adjacent to an activating group) is 1. The van der Waals surface area contributed by atoms with Crippen LogP contribution in [0.2, 0.25) is 0 Å². The molecule has 1 N–H and O–H groups in total. The number of nitrogens with zero attached hydrogens (tertiary/aromatic N) is 1. The van der Waals surface area contributed by atoms with Crippen LogP contribution >= 0.6 is 11.3 Å². The van der Waals surface area contributed by atoms with Crippen molar-refractivity contribution in [1.29, 1.82) is 0 Å². The fourth-order valence-corrected chi connectivity index (χ4v) is 3.25. The summed E-state index contributed by atoms with van der Waals surface area (Å²) >= 11 is 1.75. The molecule has 0 bridgehead atoms. The molecule has 2 heterocycles. The van der Waals surface area contributed by atoms with E-state index in [1.807, 2.05) is 6.92 Å². The number of carbonyl (C=O) groups excluding carboxylic acids is 1. The highest BCUT2D eigenvalue weighted by Crippen LogP contribution is 2.32. The molecule has 1 amide bonds. The molecule has 1 aliphatic rings. The van der Waals surface area contributed by atoms with Gasteiger partial charge in [0.15, 0.2) is 0 Å². The molecule has 17 heavy (non-hydrogen) atoms. The highest BCUT2D eigenvalue weighted by molar-refractivity contribution is 7.07. The molecule has 3 nitrogen and oxygen atoms in total. The number of hydrogen-bond donors (Lipinski definition) is 1. The summed E-state index contributed by atoms with van der Waals surface area (Å²) in [5, 5.41) is 7.22. The van der Waals surface area contributed by atoms with Crippen LogP contribution in [0.1, 0.15) is 31.7 Å². The lowest BCUT2D eigenvalue weighted by Gasteiger charge is -2.19. The summed E-state index contributed by atoms with van der Waals surface area (Å²) in [6.07, 6.45) is 1.16. The van der Waals surface area contributed by atoms with Crippen molar-refractivity contribution in [2.24, 2.45) is 0 Å². The van der Waals surface area contributed by atoms with E-state index in [4.69, 9.17) is 0 Å². The number of amides is 1. The van der Waals surface area contributed by atoms with Gasteiger partial charge in [-0.3, -0.25) is 9.69 Å². The Morgan fingerprint density at radius 3 is 3.12 bits per heavy atom. The van der Waals surface area contributed by atoms with Crippen molar-refractivity contribution in [3.63, 3.8) is 0 Å². The quantitative estimate of drug-likeness (QED) is 0.889. The second-order valence-electron chi connectivity index (χ2n) is 4.72. The van der Waals surface area contributed by atoms with Gasteiger partial charge < -0.3 is 5.32 Å². The lowest BCUT2D eigenvalue weighted by Crippen LogP contribution is -2.38. The van der Waals surface area contributed by atoms with Gasteiger partial charge in [0.1, 0.15) is 0 Å². The number of thiophene rings is 1. The lowest BCUT2D eigenvalue weighted by atomic mass is 10.00. The van der Waals surface area contributed by atoms with Crippen molar-refractivity contribution in [1.82, 2.24) is 10.2 Å². The maximum Gasteiger partial charge on any atom is 0.234 e. The first-order valence-corrected chi connectivity index (χ1v) is 7.17. The number of carbonyl (C=O) groups is 1. The van der Waals surface area contributed by atoms with Crippen LogP contribution in [0.5, 0.6) is 0 Å². The van der Waals surface area contributed by atoms with Gasteiger partial charge in [-0.25, -0.2) is 0 Å². The van der Waals surface area contributed by atoms with Crippen molar-refractivity contribution in [3.8, 4) is 0 Å². The van der Waals surface area contributed by atoms with Crippen LogP contribution < -0.4 is 5.32 Å². The molecule has 1 aromatic rings. The van der Waals surface area contributed by atoms with Gasteiger partial charge in [0.25, 0.3) is 0 Å².